The van der Waals surface area contributed by atoms with E-state index in [0.29, 0.717) is 4.90 Å². The average molecular weight is 271 g/mol. The SMILES string of the molecule is CC(C)OC(=O)CS(=O)c1ccc([N+](=O)[O-])cc1. The van der Waals surface area contributed by atoms with Gasteiger partial charge < -0.3 is 4.74 Å². The molecule has 18 heavy (non-hydrogen) atoms. The summed E-state index contributed by atoms with van der Waals surface area (Å²) in [6, 6.07) is 5.25. The molecule has 0 saturated heterocycles. The van der Waals surface area contributed by atoms with Crippen molar-refractivity contribution in [2.75, 3.05) is 5.75 Å². The highest BCUT2D eigenvalue weighted by atomic mass is 32.2. The monoisotopic (exact) mass is 271 g/mol. The molecule has 7 heteroatoms. The third kappa shape index (κ3) is 4.25. The number of ether oxygens (including phenoxy) is 1. The van der Waals surface area contributed by atoms with Gasteiger partial charge in [-0.2, -0.15) is 0 Å². The number of esters is 1. The second-order valence-corrected chi connectivity index (χ2v) is 5.23. The summed E-state index contributed by atoms with van der Waals surface area (Å²) in [7, 11) is -1.55. The van der Waals surface area contributed by atoms with Crippen molar-refractivity contribution in [1.82, 2.24) is 0 Å². The van der Waals surface area contributed by atoms with Crippen LogP contribution in [0.1, 0.15) is 13.8 Å². The summed E-state index contributed by atoms with van der Waals surface area (Å²) >= 11 is 0. The van der Waals surface area contributed by atoms with Crippen LogP contribution in [0.15, 0.2) is 29.2 Å². The van der Waals surface area contributed by atoms with E-state index in [2.05, 4.69) is 0 Å². The van der Waals surface area contributed by atoms with Crippen LogP contribution in [0.3, 0.4) is 0 Å². The first-order valence-corrected chi connectivity index (χ1v) is 6.54. The molecule has 0 heterocycles. The fourth-order valence-corrected chi connectivity index (χ4v) is 2.10. The van der Waals surface area contributed by atoms with Crippen molar-refractivity contribution >= 4 is 22.5 Å². The molecule has 0 fully saturated rings. The Balaban J connectivity index is 2.67. The van der Waals surface area contributed by atoms with Gasteiger partial charge in [0, 0.05) is 17.0 Å². The van der Waals surface area contributed by atoms with E-state index in [4.69, 9.17) is 4.74 Å². The lowest BCUT2D eigenvalue weighted by Gasteiger charge is -2.07. The molecule has 0 N–H and O–H groups in total. The van der Waals surface area contributed by atoms with E-state index in [-0.39, 0.29) is 17.5 Å². The molecule has 6 nitrogen and oxygen atoms in total. The first-order chi connectivity index (χ1) is 8.40. The van der Waals surface area contributed by atoms with Crippen LogP contribution in [-0.4, -0.2) is 27.0 Å². The second kappa shape index (κ2) is 6.25. The number of rotatable bonds is 5. The maximum atomic E-state index is 11.8. The van der Waals surface area contributed by atoms with Gasteiger partial charge >= 0.3 is 5.97 Å². The van der Waals surface area contributed by atoms with Gasteiger partial charge in [-0.25, -0.2) is 0 Å². The average Bonchev–Trinajstić information content (AvgIpc) is 2.27. The molecule has 0 aliphatic rings. The Morgan fingerprint density at radius 2 is 1.94 bits per heavy atom. The predicted octanol–water partition coefficient (Wildman–Crippen LogP) is 1.65. The quantitative estimate of drug-likeness (QED) is 0.461. The molecular weight excluding hydrogens is 258 g/mol. The van der Waals surface area contributed by atoms with Crippen LogP contribution >= 0.6 is 0 Å². The molecule has 0 bridgehead atoms. The minimum absolute atomic E-state index is 0.0829. The first-order valence-electron chi connectivity index (χ1n) is 5.22. The molecule has 1 aromatic rings. The van der Waals surface area contributed by atoms with Gasteiger partial charge in [0.15, 0.2) is 0 Å². The Bertz CT molecular complexity index is 469. The lowest BCUT2D eigenvalue weighted by molar-refractivity contribution is -0.384. The van der Waals surface area contributed by atoms with Crippen LogP contribution < -0.4 is 0 Å². The van der Waals surface area contributed by atoms with Gasteiger partial charge in [0.05, 0.1) is 21.8 Å². The van der Waals surface area contributed by atoms with Crippen molar-refractivity contribution in [2.45, 2.75) is 24.8 Å². The topological polar surface area (TPSA) is 86.5 Å². The second-order valence-electron chi connectivity index (χ2n) is 3.78. The molecule has 0 radical (unpaired) electrons. The van der Waals surface area contributed by atoms with Crippen LogP contribution in [0.2, 0.25) is 0 Å². The number of nitro benzene ring substituents is 1. The number of nitro groups is 1. The van der Waals surface area contributed by atoms with E-state index < -0.39 is 21.7 Å². The smallest absolute Gasteiger partial charge is 0.319 e. The lowest BCUT2D eigenvalue weighted by Crippen LogP contribution is -2.18. The summed E-state index contributed by atoms with van der Waals surface area (Å²) in [5.74, 6) is -0.808. The predicted molar refractivity (Wildman–Crippen MR) is 65.6 cm³/mol. The largest absolute Gasteiger partial charge is 0.462 e. The third-order valence-electron chi connectivity index (χ3n) is 1.93. The Morgan fingerprint density at radius 1 is 1.39 bits per heavy atom. The zero-order valence-corrected chi connectivity index (χ0v) is 10.8. The summed E-state index contributed by atoms with van der Waals surface area (Å²) in [6.45, 7) is 3.40. The maximum absolute atomic E-state index is 11.8. The van der Waals surface area contributed by atoms with E-state index in [1.54, 1.807) is 13.8 Å². The molecule has 1 rings (SSSR count). The maximum Gasteiger partial charge on any atom is 0.319 e. The molecule has 0 saturated carbocycles. The van der Waals surface area contributed by atoms with Gasteiger partial charge in [-0.3, -0.25) is 19.1 Å². The zero-order valence-electron chi connectivity index (χ0n) is 9.99. The Labute approximate surface area is 107 Å². The molecule has 1 atom stereocenters. The van der Waals surface area contributed by atoms with E-state index in [0.717, 1.165) is 0 Å². The van der Waals surface area contributed by atoms with Gasteiger partial charge in [-0.1, -0.05) is 0 Å². The number of carbonyl (C=O) groups is 1. The van der Waals surface area contributed by atoms with E-state index >= 15 is 0 Å². The van der Waals surface area contributed by atoms with E-state index in [1.165, 1.54) is 24.3 Å². The van der Waals surface area contributed by atoms with Crippen molar-refractivity contribution in [3.8, 4) is 0 Å². The fourth-order valence-electron chi connectivity index (χ4n) is 1.21. The van der Waals surface area contributed by atoms with Gasteiger partial charge in [0.1, 0.15) is 5.75 Å². The van der Waals surface area contributed by atoms with Gasteiger partial charge in [0.25, 0.3) is 5.69 Å². The van der Waals surface area contributed by atoms with Crippen molar-refractivity contribution in [2.24, 2.45) is 0 Å². The molecule has 0 spiro atoms. The normalized spacial score (nSPS) is 12.2. The van der Waals surface area contributed by atoms with E-state index in [9.17, 15) is 19.1 Å². The summed E-state index contributed by atoms with van der Waals surface area (Å²) in [4.78, 5) is 21.5. The molecule has 0 aliphatic heterocycles. The number of nitrogens with zero attached hydrogens (tertiary/aromatic N) is 1. The number of carbonyl (C=O) groups excluding carboxylic acids is 1. The van der Waals surface area contributed by atoms with Crippen molar-refractivity contribution in [1.29, 1.82) is 0 Å². The minimum atomic E-state index is -1.55. The third-order valence-corrected chi connectivity index (χ3v) is 3.22. The molecular formula is C11H13NO5S. The molecule has 0 aliphatic carbocycles. The zero-order chi connectivity index (χ0) is 13.7. The number of hydrogen-bond donors (Lipinski definition) is 0. The minimum Gasteiger partial charge on any atom is -0.462 e. The molecule has 1 aromatic carbocycles. The molecule has 98 valence electrons. The van der Waals surface area contributed by atoms with Gasteiger partial charge in [-0.05, 0) is 26.0 Å². The summed E-state index contributed by atoms with van der Waals surface area (Å²) in [6.07, 6.45) is -0.258. The highest BCUT2D eigenvalue weighted by Gasteiger charge is 2.14. The molecule has 0 amide bonds. The number of benzene rings is 1. The fraction of sp³-hybridized carbons (Fsp3) is 0.364. The highest BCUT2D eigenvalue weighted by molar-refractivity contribution is 7.85. The highest BCUT2D eigenvalue weighted by Crippen LogP contribution is 2.14. The standard InChI is InChI=1S/C11H13NO5S/c1-8(2)17-11(13)7-18(16)10-5-3-9(4-6-10)12(14)15/h3-6,8H,7H2,1-2H3. The Hall–Kier alpha value is -1.76. The van der Waals surface area contributed by atoms with Crippen molar-refractivity contribution < 1.29 is 18.7 Å². The van der Waals surface area contributed by atoms with Crippen LogP contribution in [0.4, 0.5) is 5.69 Å². The van der Waals surface area contributed by atoms with Crippen LogP contribution in [0, 0.1) is 10.1 Å². The molecule has 1 unspecified atom stereocenters. The number of non-ortho nitro benzene ring substituents is 1. The van der Waals surface area contributed by atoms with Crippen LogP contribution in [0.5, 0.6) is 0 Å². The number of hydrogen-bond acceptors (Lipinski definition) is 5. The summed E-state index contributed by atoms with van der Waals surface area (Å²) in [5, 5.41) is 10.4. The lowest BCUT2D eigenvalue weighted by atomic mass is 10.3. The van der Waals surface area contributed by atoms with Crippen LogP contribution in [0.25, 0.3) is 0 Å². The van der Waals surface area contributed by atoms with E-state index in [1.807, 2.05) is 0 Å². The van der Waals surface area contributed by atoms with Crippen molar-refractivity contribution in [3.05, 3.63) is 34.4 Å². The Morgan fingerprint density at radius 3 is 2.39 bits per heavy atom. The first kappa shape index (κ1) is 14.3. The molecule has 0 aromatic heterocycles. The van der Waals surface area contributed by atoms with Crippen molar-refractivity contribution in [3.63, 3.8) is 0 Å². The van der Waals surface area contributed by atoms with Gasteiger partial charge in [-0.15, -0.1) is 0 Å². The Kier molecular flexibility index (Phi) is 4.96. The summed E-state index contributed by atoms with van der Waals surface area (Å²) in [5.41, 5.74) is -0.0829. The summed E-state index contributed by atoms with van der Waals surface area (Å²) < 4.78 is 16.6. The van der Waals surface area contributed by atoms with Gasteiger partial charge in [0.2, 0.25) is 0 Å². The van der Waals surface area contributed by atoms with Crippen LogP contribution in [-0.2, 0) is 20.3 Å².